The molecule has 2 aromatic rings. The van der Waals surface area contributed by atoms with Gasteiger partial charge in [0.05, 0.1) is 17.5 Å². The molecule has 0 radical (unpaired) electrons. The Morgan fingerprint density at radius 2 is 1.94 bits per heavy atom. The average molecular weight is 443 g/mol. The number of carbonyl (C=O) groups is 3. The van der Waals surface area contributed by atoms with E-state index in [0.717, 1.165) is 34.5 Å². The van der Waals surface area contributed by atoms with E-state index in [1.807, 2.05) is 45.0 Å². The molecule has 1 aliphatic heterocycles. The number of thiophene rings is 1. The monoisotopic (exact) mass is 442 g/mol. The van der Waals surface area contributed by atoms with Crippen LogP contribution in [0, 0.1) is 20.8 Å². The molecule has 31 heavy (non-hydrogen) atoms. The van der Waals surface area contributed by atoms with E-state index in [4.69, 9.17) is 4.74 Å². The number of benzene rings is 1. The van der Waals surface area contributed by atoms with E-state index in [0.29, 0.717) is 18.0 Å². The largest absolute Gasteiger partial charge is 0.376 e. The van der Waals surface area contributed by atoms with E-state index in [-0.39, 0.29) is 43.1 Å². The van der Waals surface area contributed by atoms with Crippen molar-refractivity contribution in [1.29, 1.82) is 0 Å². The van der Waals surface area contributed by atoms with E-state index < -0.39 is 0 Å². The second-order valence-corrected chi connectivity index (χ2v) is 9.33. The summed E-state index contributed by atoms with van der Waals surface area (Å²) in [6.45, 7) is 6.88. The minimum absolute atomic E-state index is 0.0386. The minimum Gasteiger partial charge on any atom is -0.376 e. The summed E-state index contributed by atoms with van der Waals surface area (Å²) in [6, 6.07) is 9.44. The third-order valence-electron chi connectivity index (χ3n) is 5.60. The van der Waals surface area contributed by atoms with Crippen LogP contribution in [-0.4, -0.2) is 48.3 Å². The number of carbonyl (C=O) groups excluding carboxylic acids is 3. The van der Waals surface area contributed by atoms with Crippen LogP contribution in [0.5, 0.6) is 0 Å². The first kappa shape index (κ1) is 23.2. The minimum atomic E-state index is -0.250. The first-order chi connectivity index (χ1) is 14.8. The van der Waals surface area contributed by atoms with Crippen molar-refractivity contribution in [2.45, 2.75) is 52.6 Å². The lowest BCUT2D eigenvalue weighted by Crippen LogP contribution is -2.42. The van der Waals surface area contributed by atoms with Crippen molar-refractivity contribution in [1.82, 2.24) is 4.90 Å². The van der Waals surface area contributed by atoms with Gasteiger partial charge in [-0.25, -0.2) is 0 Å². The second kappa shape index (κ2) is 10.7. The lowest BCUT2D eigenvalue weighted by Gasteiger charge is -2.25. The van der Waals surface area contributed by atoms with E-state index >= 15 is 0 Å². The van der Waals surface area contributed by atoms with Crippen molar-refractivity contribution in [3.05, 3.63) is 51.2 Å². The molecule has 0 bridgehead atoms. The van der Waals surface area contributed by atoms with Crippen LogP contribution >= 0.6 is 11.3 Å². The highest BCUT2D eigenvalue weighted by atomic mass is 32.1. The Morgan fingerprint density at radius 1 is 1.13 bits per heavy atom. The zero-order valence-corrected chi connectivity index (χ0v) is 19.2. The van der Waals surface area contributed by atoms with Gasteiger partial charge in [-0.1, -0.05) is 12.1 Å². The van der Waals surface area contributed by atoms with Crippen LogP contribution in [0.25, 0.3) is 0 Å². The highest BCUT2D eigenvalue weighted by molar-refractivity contribution is 7.14. The quantitative estimate of drug-likeness (QED) is 0.588. The summed E-state index contributed by atoms with van der Waals surface area (Å²) >= 11 is 1.44. The fourth-order valence-electron chi connectivity index (χ4n) is 3.62. The topological polar surface area (TPSA) is 75.7 Å². The van der Waals surface area contributed by atoms with Gasteiger partial charge in [-0.3, -0.25) is 14.4 Å². The molecule has 1 aromatic heterocycles. The van der Waals surface area contributed by atoms with E-state index in [9.17, 15) is 14.4 Å². The number of rotatable bonds is 9. The van der Waals surface area contributed by atoms with Crippen LogP contribution in [0.2, 0.25) is 0 Å². The molecule has 1 aliphatic rings. The molecule has 7 heteroatoms. The molecule has 1 aromatic carbocycles. The second-order valence-electron chi connectivity index (χ2n) is 8.04. The zero-order valence-electron chi connectivity index (χ0n) is 18.4. The maximum absolute atomic E-state index is 12.9. The molecule has 3 rings (SSSR count). The van der Waals surface area contributed by atoms with E-state index in [2.05, 4.69) is 5.32 Å². The summed E-state index contributed by atoms with van der Waals surface area (Å²) in [6.07, 6.45) is 1.99. The Morgan fingerprint density at radius 3 is 2.61 bits per heavy atom. The Balaban J connectivity index is 1.62. The zero-order chi connectivity index (χ0) is 22.4. The number of nitrogens with one attached hydrogen (secondary N) is 1. The Labute approximate surface area is 187 Å². The van der Waals surface area contributed by atoms with Crippen molar-refractivity contribution < 1.29 is 19.1 Å². The summed E-state index contributed by atoms with van der Waals surface area (Å²) in [5.41, 5.74) is 2.84. The number of Topliss-reactive ketones (excluding diaryl/α,β-unsaturated/α-hetero) is 1. The molecule has 0 spiro atoms. The van der Waals surface area contributed by atoms with Gasteiger partial charge in [0, 0.05) is 36.6 Å². The molecule has 0 aliphatic carbocycles. The maximum atomic E-state index is 12.9. The molecule has 1 atom stereocenters. The number of anilines is 1. The Kier molecular flexibility index (Phi) is 7.98. The smallest absolute Gasteiger partial charge is 0.244 e. The third-order valence-corrected chi connectivity index (χ3v) is 6.64. The van der Waals surface area contributed by atoms with E-state index in [1.54, 1.807) is 6.07 Å². The van der Waals surface area contributed by atoms with Crippen LogP contribution in [-0.2, 0) is 14.3 Å². The number of hydrogen-bond donors (Lipinski definition) is 1. The van der Waals surface area contributed by atoms with Gasteiger partial charge in [-0.2, -0.15) is 0 Å². The molecular weight excluding hydrogens is 412 g/mol. The highest BCUT2D eigenvalue weighted by Gasteiger charge is 2.25. The van der Waals surface area contributed by atoms with Gasteiger partial charge >= 0.3 is 0 Å². The summed E-state index contributed by atoms with van der Waals surface area (Å²) < 4.78 is 5.68. The fourth-order valence-corrected chi connectivity index (χ4v) is 4.46. The maximum Gasteiger partial charge on any atom is 0.244 e. The number of ketones is 1. The standard InChI is InChI=1S/C24H30N2O4S/c1-16-6-4-8-20(18(16)3)25-23(28)15-26(14-19-7-5-13-30-19)24(29)12-10-21(27)22-11-9-17(2)31-22/h4,6,8-9,11,19H,5,7,10,12-15H2,1-3H3,(H,25,28). The van der Waals surface area contributed by atoms with Crippen LogP contribution in [0.1, 0.15) is 51.4 Å². The third kappa shape index (κ3) is 6.48. The molecule has 1 unspecified atom stereocenters. The van der Waals surface area contributed by atoms with Gasteiger partial charge in [0.15, 0.2) is 5.78 Å². The lowest BCUT2D eigenvalue weighted by molar-refractivity contribution is -0.136. The SMILES string of the molecule is Cc1ccc(C(=O)CCC(=O)N(CC(=O)Nc2cccc(C)c2C)CC2CCCO2)s1. The molecule has 1 saturated heterocycles. The van der Waals surface area contributed by atoms with Gasteiger partial charge in [0.2, 0.25) is 11.8 Å². The number of nitrogens with zero attached hydrogens (tertiary/aromatic N) is 1. The van der Waals surface area contributed by atoms with Crippen LogP contribution in [0.3, 0.4) is 0 Å². The normalized spacial score (nSPS) is 15.6. The Bertz CT molecular complexity index is 947. The molecular formula is C24H30N2O4S. The van der Waals surface area contributed by atoms with Crippen molar-refractivity contribution in [3.8, 4) is 0 Å². The summed E-state index contributed by atoms with van der Waals surface area (Å²) in [5.74, 6) is -0.489. The van der Waals surface area contributed by atoms with Crippen molar-refractivity contribution in [2.24, 2.45) is 0 Å². The lowest BCUT2D eigenvalue weighted by atomic mass is 10.1. The average Bonchev–Trinajstić information content (AvgIpc) is 3.40. The number of hydrogen-bond acceptors (Lipinski definition) is 5. The van der Waals surface area contributed by atoms with Crippen molar-refractivity contribution in [2.75, 3.05) is 25.0 Å². The van der Waals surface area contributed by atoms with Crippen LogP contribution in [0.4, 0.5) is 5.69 Å². The Hall–Kier alpha value is -2.51. The first-order valence-electron chi connectivity index (χ1n) is 10.7. The summed E-state index contributed by atoms with van der Waals surface area (Å²) in [4.78, 5) is 41.3. The van der Waals surface area contributed by atoms with Gasteiger partial charge in [0.25, 0.3) is 0 Å². The molecule has 0 saturated carbocycles. The van der Waals surface area contributed by atoms with E-state index in [1.165, 1.54) is 16.2 Å². The van der Waals surface area contributed by atoms with Crippen LogP contribution in [0.15, 0.2) is 30.3 Å². The molecule has 1 N–H and O–H groups in total. The van der Waals surface area contributed by atoms with Crippen LogP contribution < -0.4 is 5.32 Å². The molecule has 166 valence electrons. The molecule has 6 nitrogen and oxygen atoms in total. The number of amides is 2. The molecule has 1 fully saturated rings. The van der Waals surface area contributed by atoms with Crippen molar-refractivity contribution in [3.63, 3.8) is 0 Å². The van der Waals surface area contributed by atoms with Gasteiger partial charge < -0.3 is 15.0 Å². The van der Waals surface area contributed by atoms with Gasteiger partial charge in [-0.15, -0.1) is 11.3 Å². The predicted molar refractivity (Wildman–Crippen MR) is 123 cm³/mol. The fraction of sp³-hybridized carbons (Fsp3) is 0.458. The van der Waals surface area contributed by atoms with Crippen molar-refractivity contribution >= 4 is 34.6 Å². The highest BCUT2D eigenvalue weighted by Crippen LogP contribution is 2.20. The number of aryl methyl sites for hydroxylation is 2. The molecule has 2 amide bonds. The number of ether oxygens (including phenoxy) is 1. The summed E-state index contributed by atoms with van der Waals surface area (Å²) in [7, 11) is 0. The molecule has 2 heterocycles. The van der Waals surface area contributed by atoms with Gasteiger partial charge in [0.1, 0.15) is 0 Å². The summed E-state index contributed by atoms with van der Waals surface area (Å²) in [5, 5.41) is 2.92. The predicted octanol–water partition coefficient (Wildman–Crippen LogP) is 4.28. The first-order valence-corrected chi connectivity index (χ1v) is 11.5. The van der Waals surface area contributed by atoms with Gasteiger partial charge in [-0.05, 0) is 62.9 Å².